The molecular formula is C41H40FN5O4S. The minimum Gasteiger partial charge on any atom is -0.444 e. The first-order valence-corrected chi connectivity index (χ1v) is 18.6. The van der Waals surface area contributed by atoms with Gasteiger partial charge in [0.15, 0.2) is 5.65 Å². The van der Waals surface area contributed by atoms with E-state index in [9.17, 15) is 13.2 Å². The van der Waals surface area contributed by atoms with E-state index in [0.29, 0.717) is 52.8 Å². The third kappa shape index (κ3) is 6.88. The van der Waals surface area contributed by atoms with Crippen LogP contribution in [0.5, 0.6) is 0 Å². The first kappa shape index (κ1) is 34.9. The molecule has 6 aromatic rings. The fraction of sp³-hybridized carbons (Fsp3) is 0.244. The van der Waals surface area contributed by atoms with Crippen molar-refractivity contribution in [2.24, 2.45) is 0 Å². The van der Waals surface area contributed by atoms with Crippen LogP contribution in [0.1, 0.15) is 56.8 Å². The minimum absolute atomic E-state index is 0.0607. The van der Waals surface area contributed by atoms with Gasteiger partial charge in [-0.3, -0.25) is 4.68 Å². The number of benzene rings is 3. The van der Waals surface area contributed by atoms with Gasteiger partial charge in [-0.05, 0) is 88.1 Å². The molecular weight excluding hydrogens is 678 g/mol. The molecule has 266 valence electrons. The quantitative estimate of drug-likeness (QED) is 0.164. The smallest absolute Gasteiger partial charge is 0.410 e. The summed E-state index contributed by atoms with van der Waals surface area (Å²) < 4.78 is 52.4. The Balaban J connectivity index is 1.26. The van der Waals surface area contributed by atoms with Crippen molar-refractivity contribution in [2.45, 2.75) is 57.6 Å². The SMILES string of the molecule is Cc1ccc(S(=O)(=O)n2cc(-c3ccn(C(C)c4ccccc4)n3)c3cc(-c4ccc(C5=CCN(C(=O)OC(C)(C)C)CC5)c(F)c4)cnc32)cc1. The van der Waals surface area contributed by atoms with Crippen molar-refractivity contribution in [3.63, 3.8) is 0 Å². The lowest BCUT2D eigenvalue weighted by Gasteiger charge is -2.29. The summed E-state index contributed by atoms with van der Waals surface area (Å²) in [7, 11) is -4.02. The molecule has 3 aromatic heterocycles. The standard InChI is InChI=1S/C41H40FN5O4S/c1-27-11-14-33(15-12-27)52(49,50)47-26-36(38-19-22-46(44-38)28(2)29-9-7-6-8-10-29)35-23-32(25-43-39(35)47)31-13-16-34(37(42)24-31)30-17-20-45(21-18-30)40(48)51-41(3,4)5/h6-17,19,22-26,28H,18,20-21H2,1-5H3. The second-order valence-corrected chi connectivity index (χ2v) is 15.9. The summed E-state index contributed by atoms with van der Waals surface area (Å²) in [4.78, 5) is 18.9. The fourth-order valence-electron chi connectivity index (χ4n) is 6.39. The highest BCUT2D eigenvalue weighted by atomic mass is 32.2. The molecule has 0 fully saturated rings. The molecule has 0 aliphatic carbocycles. The summed E-state index contributed by atoms with van der Waals surface area (Å²) in [6, 6.07) is 25.4. The number of amides is 1. The van der Waals surface area contributed by atoms with Crippen LogP contribution in [-0.4, -0.2) is 56.8 Å². The van der Waals surface area contributed by atoms with E-state index in [2.05, 4.69) is 11.9 Å². The molecule has 11 heteroatoms. The minimum atomic E-state index is -4.02. The monoisotopic (exact) mass is 717 g/mol. The van der Waals surface area contributed by atoms with Crippen molar-refractivity contribution in [2.75, 3.05) is 13.1 Å². The van der Waals surface area contributed by atoms with E-state index >= 15 is 4.39 Å². The number of aromatic nitrogens is 4. The van der Waals surface area contributed by atoms with Crippen molar-refractivity contribution < 1.29 is 22.3 Å². The number of halogens is 1. The predicted octanol–water partition coefficient (Wildman–Crippen LogP) is 8.88. The number of pyridine rings is 1. The highest BCUT2D eigenvalue weighted by molar-refractivity contribution is 7.90. The summed E-state index contributed by atoms with van der Waals surface area (Å²) in [5, 5.41) is 5.44. The summed E-state index contributed by atoms with van der Waals surface area (Å²) in [6.45, 7) is 10.2. The summed E-state index contributed by atoms with van der Waals surface area (Å²) in [5.74, 6) is -0.400. The van der Waals surface area contributed by atoms with E-state index in [0.717, 1.165) is 16.7 Å². The zero-order valence-electron chi connectivity index (χ0n) is 29.7. The van der Waals surface area contributed by atoms with Crippen molar-refractivity contribution in [1.82, 2.24) is 23.6 Å². The molecule has 0 saturated heterocycles. The van der Waals surface area contributed by atoms with Crippen LogP contribution in [0.4, 0.5) is 9.18 Å². The van der Waals surface area contributed by atoms with E-state index in [1.807, 2.05) is 93.2 Å². The number of hydrogen-bond donors (Lipinski definition) is 0. The molecule has 1 aliphatic heterocycles. The van der Waals surface area contributed by atoms with E-state index in [4.69, 9.17) is 9.84 Å². The molecule has 0 N–H and O–H groups in total. The molecule has 1 aliphatic rings. The molecule has 1 amide bonds. The molecule has 4 heterocycles. The maximum Gasteiger partial charge on any atom is 0.410 e. The zero-order chi connectivity index (χ0) is 36.8. The third-order valence-electron chi connectivity index (χ3n) is 9.26. The first-order chi connectivity index (χ1) is 24.8. The molecule has 0 spiro atoms. The average Bonchev–Trinajstić information content (AvgIpc) is 3.77. The van der Waals surface area contributed by atoms with Crippen molar-refractivity contribution in [1.29, 1.82) is 0 Å². The van der Waals surface area contributed by atoms with Gasteiger partial charge in [0.2, 0.25) is 0 Å². The van der Waals surface area contributed by atoms with Crippen molar-refractivity contribution in [3.05, 3.63) is 132 Å². The molecule has 0 saturated carbocycles. The topological polar surface area (TPSA) is 99.3 Å². The van der Waals surface area contributed by atoms with Crippen molar-refractivity contribution in [3.8, 4) is 22.4 Å². The second-order valence-electron chi connectivity index (χ2n) is 14.1. The van der Waals surface area contributed by atoms with Gasteiger partial charge in [-0.25, -0.2) is 26.6 Å². The molecule has 0 radical (unpaired) electrons. The summed E-state index contributed by atoms with van der Waals surface area (Å²) in [5.41, 5.74) is 5.33. The van der Waals surface area contributed by atoms with Crippen LogP contribution in [0.2, 0.25) is 0 Å². The number of hydrogen-bond acceptors (Lipinski definition) is 6. The van der Waals surface area contributed by atoms with E-state index in [1.54, 1.807) is 47.6 Å². The van der Waals surface area contributed by atoms with Crippen LogP contribution in [-0.2, 0) is 14.8 Å². The largest absolute Gasteiger partial charge is 0.444 e. The number of nitrogens with zero attached hydrogens (tertiary/aromatic N) is 5. The number of aryl methyl sites for hydroxylation is 1. The molecule has 52 heavy (non-hydrogen) atoms. The summed E-state index contributed by atoms with van der Waals surface area (Å²) in [6.07, 6.45) is 6.97. The lowest BCUT2D eigenvalue weighted by Crippen LogP contribution is -2.39. The van der Waals surface area contributed by atoms with Crippen LogP contribution >= 0.6 is 0 Å². The molecule has 9 nitrogen and oxygen atoms in total. The van der Waals surface area contributed by atoms with Crippen LogP contribution in [0.15, 0.2) is 114 Å². The summed E-state index contributed by atoms with van der Waals surface area (Å²) >= 11 is 0. The normalized spacial score (nSPS) is 14.3. The Morgan fingerprint density at radius 1 is 0.942 bits per heavy atom. The van der Waals surface area contributed by atoms with Crippen LogP contribution in [0.25, 0.3) is 39.0 Å². The third-order valence-corrected chi connectivity index (χ3v) is 10.9. The predicted molar refractivity (Wildman–Crippen MR) is 201 cm³/mol. The van der Waals surface area contributed by atoms with Gasteiger partial charge in [-0.2, -0.15) is 5.10 Å². The maximum absolute atomic E-state index is 15.8. The molecule has 3 aromatic carbocycles. The lowest BCUT2D eigenvalue weighted by molar-refractivity contribution is 0.0270. The van der Waals surface area contributed by atoms with Gasteiger partial charge < -0.3 is 9.64 Å². The molecule has 0 bridgehead atoms. The molecule has 1 unspecified atom stereocenters. The number of carbonyl (C=O) groups excluding carboxylic acids is 1. The zero-order valence-corrected chi connectivity index (χ0v) is 30.6. The van der Waals surface area contributed by atoms with Gasteiger partial charge in [0, 0.05) is 53.8 Å². The average molecular weight is 718 g/mol. The Kier molecular flexibility index (Phi) is 9.08. The number of rotatable bonds is 7. The van der Waals surface area contributed by atoms with Gasteiger partial charge in [0.05, 0.1) is 16.6 Å². The Morgan fingerprint density at radius 3 is 2.37 bits per heavy atom. The van der Waals surface area contributed by atoms with Gasteiger partial charge in [-0.15, -0.1) is 0 Å². The Bertz CT molecular complexity index is 2430. The molecule has 1 atom stereocenters. The molecule has 7 rings (SSSR count). The highest BCUT2D eigenvalue weighted by Gasteiger charge is 2.26. The van der Waals surface area contributed by atoms with E-state index < -0.39 is 21.4 Å². The number of carbonyl (C=O) groups is 1. The number of ether oxygens (including phenoxy) is 1. The second kappa shape index (κ2) is 13.5. The van der Waals surface area contributed by atoms with Gasteiger partial charge in [0.1, 0.15) is 11.4 Å². The Labute approximate surface area is 303 Å². The van der Waals surface area contributed by atoms with Crippen LogP contribution in [0.3, 0.4) is 0 Å². The Hall–Kier alpha value is -5.55. The van der Waals surface area contributed by atoms with Crippen LogP contribution in [0, 0.1) is 12.7 Å². The fourth-order valence-corrected chi connectivity index (χ4v) is 7.72. The Morgan fingerprint density at radius 2 is 1.69 bits per heavy atom. The first-order valence-electron chi connectivity index (χ1n) is 17.2. The number of fused-ring (bicyclic) bond motifs is 1. The van der Waals surface area contributed by atoms with Crippen LogP contribution < -0.4 is 0 Å². The van der Waals surface area contributed by atoms with Gasteiger partial charge in [0.25, 0.3) is 10.0 Å². The van der Waals surface area contributed by atoms with Gasteiger partial charge >= 0.3 is 6.09 Å². The van der Waals surface area contributed by atoms with E-state index in [-0.39, 0.29) is 22.7 Å². The highest BCUT2D eigenvalue weighted by Crippen LogP contribution is 2.36. The van der Waals surface area contributed by atoms with E-state index in [1.165, 1.54) is 10.0 Å². The van der Waals surface area contributed by atoms with Gasteiger partial charge in [-0.1, -0.05) is 66.2 Å². The van der Waals surface area contributed by atoms with Crippen molar-refractivity contribution >= 4 is 32.7 Å². The maximum atomic E-state index is 15.8. The lowest BCUT2D eigenvalue weighted by atomic mass is 9.96.